The van der Waals surface area contributed by atoms with Crippen LogP contribution < -0.4 is 5.73 Å². The lowest BCUT2D eigenvalue weighted by atomic mass is 9.98. The number of rotatable bonds is 2. The van der Waals surface area contributed by atoms with Crippen molar-refractivity contribution in [2.24, 2.45) is 5.73 Å². The first-order valence-corrected chi connectivity index (χ1v) is 7.32. The quantitative estimate of drug-likeness (QED) is 0.806. The molecular weight excluding hydrogens is 248 g/mol. The van der Waals surface area contributed by atoms with Crippen LogP contribution in [0.5, 0.6) is 0 Å². The first-order chi connectivity index (χ1) is 9.61. The normalized spacial score (nSPS) is 23.8. The molecule has 0 aliphatic carbocycles. The maximum absolute atomic E-state index is 10.1. The fourth-order valence-electron chi connectivity index (χ4n) is 2.64. The van der Waals surface area contributed by atoms with Gasteiger partial charge in [-0.05, 0) is 44.4 Å². The van der Waals surface area contributed by atoms with Gasteiger partial charge < -0.3 is 10.8 Å². The van der Waals surface area contributed by atoms with Crippen LogP contribution >= 0.6 is 0 Å². The van der Waals surface area contributed by atoms with E-state index < -0.39 is 5.60 Å². The lowest BCUT2D eigenvalue weighted by Crippen LogP contribution is -2.28. The Kier molecular flexibility index (Phi) is 5.19. The maximum atomic E-state index is 10.1. The van der Waals surface area contributed by atoms with E-state index in [1.54, 1.807) is 0 Å². The third kappa shape index (κ3) is 4.35. The van der Waals surface area contributed by atoms with E-state index in [4.69, 9.17) is 5.73 Å². The summed E-state index contributed by atoms with van der Waals surface area (Å²) in [4.78, 5) is 2.41. The smallest absolute Gasteiger partial charge is 0.0632 e. The minimum absolute atomic E-state index is 0.390. The van der Waals surface area contributed by atoms with Crippen molar-refractivity contribution in [2.45, 2.75) is 38.3 Å². The second kappa shape index (κ2) is 6.90. The van der Waals surface area contributed by atoms with Gasteiger partial charge >= 0.3 is 0 Å². The molecule has 1 aromatic carbocycles. The van der Waals surface area contributed by atoms with Crippen molar-refractivity contribution in [1.82, 2.24) is 4.90 Å². The molecule has 108 valence electrons. The summed E-state index contributed by atoms with van der Waals surface area (Å²) in [5.74, 6) is 6.07. The van der Waals surface area contributed by atoms with Crippen LogP contribution in [0.3, 0.4) is 0 Å². The molecule has 20 heavy (non-hydrogen) atoms. The third-order valence-corrected chi connectivity index (χ3v) is 3.89. The molecule has 1 heterocycles. The molecule has 0 amide bonds. The predicted molar refractivity (Wildman–Crippen MR) is 82.1 cm³/mol. The molecule has 1 atom stereocenters. The summed E-state index contributed by atoms with van der Waals surface area (Å²) in [5.41, 5.74) is 7.25. The number of benzene rings is 1. The highest BCUT2D eigenvalue weighted by molar-refractivity contribution is 5.41. The number of aliphatic hydroxyl groups is 1. The van der Waals surface area contributed by atoms with Crippen molar-refractivity contribution in [3.05, 3.63) is 35.4 Å². The van der Waals surface area contributed by atoms with Crippen molar-refractivity contribution in [1.29, 1.82) is 0 Å². The Labute approximate surface area is 121 Å². The van der Waals surface area contributed by atoms with Crippen LogP contribution in [-0.2, 0) is 6.54 Å². The van der Waals surface area contributed by atoms with E-state index in [1.807, 2.05) is 19.1 Å². The van der Waals surface area contributed by atoms with E-state index in [0.29, 0.717) is 6.54 Å². The highest BCUT2D eigenvalue weighted by Crippen LogP contribution is 2.22. The van der Waals surface area contributed by atoms with Crippen molar-refractivity contribution >= 4 is 0 Å². The molecule has 0 aromatic heterocycles. The fraction of sp³-hybridized carbons (Fsp3) is 0.529. The summed E-state index contributed by atoms with van der Waals surface area (Å²) < 4.78 is 0. The molecule has 1 aromatic rings. The molecule has 0 saturated carbocycles. The lowest BCUT2D eigenvalue weighted by Gasteiger charge is -2.22. The van der Waals surface area contributed by atoms with Gasteiger partial charge in [0, 0.05) is 18.7 Å². The average Bonchev–Trinajstić information content (AvgIpc) is 2.59. The van der Waals surface area contributed by atoms with Crippen LogP contribution in [0.15, 0.2) is 24.3 Å². The first kappa shape index (κ1) is 15.1. The molecule has 1 saturated heterocycles. The zero-order valence-electron chi connectivity index (χ0n) is 12.2. The third-order valence-electron chi connectivity index (χ3n) is 3.89. The van der Waals surface area contributed by atoms with E-state index >= 15 is 0 Å². The predicted octanol–water partition coefficient (Wildman–Crippen LogP) is 1.73. The van der Waals surface area contributed by atoms with Crippen LogP contribution in [0, 0.1) is 11.8 Å². The standard InChI is InChI=1S/C17H24N2O/c1-17(20)9-5-12-19(13-10-17)14-16-7-3-2-6-15(16)8-4-11-18/h2-3,6-7,20H,5,9-14,18H2,1H3. The highest BCUT2D eigenvalue weighted by atomic mass is 16.3. The summed E-state index contributed by atoms with van der Waals surface area (Å²) in [6.45, 7) is 5.20. The topological polar surface area (TPSA) is 49.5 Å². The molecule has 3 nitrogen and oxygen atoms in total. The van der Waals surface area contributed by atoms with Crippen molar-refractivity contribution in [3.8, 4) is 11.8 Å². The van der Waals surface area contributed by atoms with E-state index in [9.17, 15) is 5.11 Å². The van der Waals surface area contributed by atoms with Crippen LogP contribution in [0.25, 0.3) is 0 Å². The zero-order valence-corrected chi connectivity index (χ0v) is 12.2. The largest absolute Gasteiger partial charge is 0.390 e. The molecule has 1 unspecified atom stereocenters. The number of nitrogens with zero attached hydrogens (tertiary/aromatic N) is 1. The first-order valence-electron chi connectivity index (χ1n) is 7.32. The van der Waals surface area contributed by atoms with Crippen LogP contribution in [0.4, 0.5) is 0 Å². The molecule has 2 rings (SSSR count). The molecule has 3 heteroatoms. The molecule has 1 aliphatic heterocycles. The number of likely N-dealkylation sites (tertiary alicyclic amines) is 1. The Morgan fingerprint density at radius 1 is 1.30 bits per heavy atom. The summed E-state index contributed by atoms with van der Waals surface area (Å²) in [5, 5.41) is 10.1. The molecule has 0 radical (unpaired) electrons. The Balaban J connectivity index is 2.06. The molecular formula is C17H24N2O. The van der Waals surface area contributed by atoms with Gasteiger partial charge in [0.2, 0.25) is 0 Å². The lowest BCUT2D eigenvalue weighted by molar-refractivity contribution is 0.0444. The van der Waals surface area contributed by atoms with E-state index in [0.717, 1.165) is 44.5 Å². The summed E-state index contributed by atoms with van der Waals surface area (Å²) in [6, 6.07) is 8.24. The Morgan fingerprint density at radius 3 is 2.90 bits per heavy atom. The van der Waals surface area contributed by atoms with Crippen LogP contribution in [-0.4, -0.2) is 35.2 Å². The number of nitrogens with two attached hydrogens (primary N) is 1. The monoisotopic (exact) mass is 272 g/mol. The van der Waals surface area contributed by atoms with Gasteiger partial charge in [0.25, 0.3) is 0 Å². The van der Waals surface area contributed by atoms with Gasteiger partial charge in [0.1, 0.15) is 0 Å². The van der Waals surface area contributed by atoms with Gasteiger partial charge in [0.15, 0.2) is 0 Å². The minimum atomic E-state index is -0.506. The average molecular weight is 272 g/mol. The van der Waals surface area contributed by atoms with Crippen LogP contribution in [0.1, 0.15) is 37.3 Å². The minimum Gasteiger partial charge on any atom is -0.390 e. The number of hydrogen-bond donors (Lipinski definition) is 2. The van der Waals surface area contributed by atoms with Crippen molar-refractivity contribution in [2.75, 3.05) is 19.6 Å². The Bertz CT molecular complexity index is 499. The molecule has 0 spiro atoms. The van der Waals surface area contributed by atoms with E-state index in [-0.39, 0.29) is 0 Å². The van der Waals surface area contributed by atoms with Crippen LogP contribution in [0.2, 0.25) is 0 Å². The number of hydrogen-bond acceptors (Lipinski definition) is 3. The SMILES string of the molecule is CC1(O)CCCN(Cc2ccccc2C#CCN)CC1. The van der Waals surface area contributed by atoms with Crippen molar-refractivity contribution < 1.29 is 5.11 Å². The van der Waals surface area contributed by atoms with Gasteiger partial charge in [-0.1, -0.05) is 30.0 Å². The van der Waals surface area contributed by atoms with Gasteiger partial charge in [-0.25, -0.2) is 0 Å². The zero-order chi connectivity index (χ0) is 14.4. The second-order valence-electron chi connectivity index (χ2n) is 5.79. The molecule has 1 fully saturated rings. The Hall–Kier alpha value is -1.34. The highest BCUT2D eigenvalue weighted by Gasteiger charge is 2.24. The fourth-order valence-corrected chi connectivity index (χ4v) is 2.64. The van der Waals surface area contributed by atoms with Gasteiger partial charge in [-0.2, -0.15) is 0 Å². The van der Waals surface area contributed by atoms with Gasteiger partial charge in [-0.15, -0.1) is 0 Å². The van der Waals surface area contributed by atoms with Gasteiger partial charge in [0.05, 0.1) is 12.1 Å². The van der Waals surface area contributed by atoms with Gasteiger partial charge in [-0.3, -0.25) is 4.90 Å². The molecule has 0 bridgehead atoms. The molecule has 1 aliphatic rings. The van der Waals surface area contributed by atoms with Crippen molar-refractivity contribution in [3.63, 3.8) is 0 Å². The Morgan fingerprint density at radius 2 is 2.10 bits per heavy atom. The van der Waals surface area contributed by atoms with E-state index in [1.165, 1.54) is 5.56 Å². The van der Waals surface area contributed by atoms with E-state index in [2.05, 4.69) is 28.9 Å². The molecule has 3 N–H and O–H groups in total. The summed E-state index contributed by atoms with van der Waals surface area (Å²) in [7, 11) is 0. The summed E-state index contributed by atoms with van der Waals surface area (Å²) in [6.07, 6.45) is 2.77. The summed E-state index contributed by atoms with van der Waals surface area (Å²) >= 11 is 0. The maximum Gasteiger partial charge on any atom is 0.0632 e. The second-order valence-corrected chi connectivity index (χ2v) is 5.79.